The van der Waals surface area contributed by atoms with E-state index in [4.69, 9.17) is 15.2 Å². The molecule has 0 radical (unpaired) electrons. The van der Waals surface area contributed by atoms with Gasteiger partial charge in [-0.3, -0.25) is 4.98 Å². The first-order valence-electron chi connectivity index (χ1n) is 5.96. The lowest BCUT2D eigenvalue weighted by Crippen LogP contribution is -2.33. The van der Waals surface area contributed by atoms with Gasteiger partial charge >= 0.3 is 0 Å². The molecule has 0 aliphatic carbocycles. The van der Waals surface area contributed by atoms with Gasteiger partial charge in [-0.05, 0) is 24.5 Å². The Bertz CT molecular complexity index is 342. The van der Waals surface area contributed by atoms with E-state index in [0.29, 0.717) is 12.5 Å². The fourth-order valence-electron chi connectivity index (χ4n) is 1.82. The molecule has 1 aromatic heterocycles. The van der Waals surface area contributed by atoms with Crippen molar-refractivity contribution in [3.8, 4) is 5.75 Å². The van der Waals surface area contributed by atoms with E-state index < -0.39 is 0 Å². The summed E-state index contributed by atoms with van der Waals surface area (Å²) >= 11 is 0. The molecular formula is C13H22N2O2. The normalized spacial score (nSPS) is 14.7. The number of methoxy groups -OCH3 is 1. The van der Waals surface area contributed by atoms with E-state index in [1.54, 1.807) is 19.5 Å². The van der Waals surface area contributed by atoms with Crippen molar-refractivity contribution in [1.82, 2.24) is 4.98 Å². The molecule has 0 amide bonds. The first-order chi connectivity index (χ1) is 8.10. The lowest BCUT2D eigenvalue weighted by atomic mass is 9.95. The van der Waals surface area contributed by atoms with Gasteiger partial charge in [0, 0.05) is 12.8 Å². The summed E-state index contributed by atoms with van der Waals surface area (Å²) in [6.07, 6.45) is 3.43. The second-order valence-corrected chi connectivity index (χ2v) is 4.35. The fraction of sp³-hybridized carbons (Fsp3) is 0.615. The zero-order chi connectivity index (χ0) is 12.8. The number of hydrogen-bond acceptors (Lipinski definition) is 4. The summed E-state index contributed by atoms with van der Waals surface area (Å²) in [5.41, 5.74) is 7.17. The van der Waals surface area contributed by atoms with E-state index in [1.807, 2.05) is 13.0 Å². The highest BCUT2D eigenvalue weighted by Gasteiger charge is 2.23. The number of pyridine rings is 1. The molecule has 0 spiro atoms. The Morgan fingerprint density at radius 1 is 1.35 bits per heavy atom. The van der Waals surface area contributed by atoms with E-state index in [1.165, 1.54) is 0 Å². The van der Waals surface area contributed by atoms with Gasteiger partial charge in [-0.1, -0.05) is 13.8 Å². The zero-order valence-corrected chi connectivity index (χ0v) is 11.0. The topological polar surface area (TPSA) is 57.4 Å². The molecule has 2 N–H and O–H groups in total. The molecule has 1 heterocycles. The van der Waals surface area contributed by atoms with Crippen molar-refractivity contribution in [1.29, 1.82) is 0 Å². The zero-order valence-electron chi connectivity index (χ0n) is 11.0. The molecule has 4 nitrogen and oxygen atoms in total. The fourth-order valence-corrected chi connectivity index (χ4v) is 1.82. The molecule has 0 bridgehead atoms. The van der Waals surface area contributed by atoms with E-state index in [9.17, 15) is 0 Å². The Balaban J connectivity index is 2.88. The third-order valence-corrected chi connectivity index (χ3v) is 2.73. The SMILES string of the molecule is CCOC(C(C)C)C(N)c1cncc(OC)c1. The van der Waals surface area contributed by atoms with Crippen LogP contribution in [-0.2, 0) is 4.74 Å². The molecule has 96 valence electrons. The molecule has 0 saturated heterocycles. The predicted octanol–water partition coefficient (Wildman–Crippen LogP) is 2.15. The second kappa shape index (κ2) is 6.57. The van der Waals surface area contributed by atoms with Gasteiger partial charge in [0.1, 0.15) is 5.75 Å². The van der Waals surface area contributed by atoms with Crippen molar-refractivity contribution >= 4 is 0 Å². The van der Waals surface area contributed by atoms with Crippen LogP contribution in [0.3, 0.4) is 0 Å². The van der Waals surface area contributed by atoms with Gasteiger partial charge in [0.2, 0.25) is 0 Å². The van der Waals surface area contributed by atoms with Crippen LogP contribution in [0.15, 0.2) is 18.5 Å². The molecule has 1 rings (SSSR count). The van der Waals surface area contributed by atoms with Crippen molar-refractivity contribution in [3.63, 3.8) is 0 Å². The predicted molar refractivity (Wildman–Crippen MR) is 68.0 cm³/mol. The molecule has 17 heavy (non-hydrogen) atoms. The lowest BCUT2D eigenvalue weighted by Gasteiger charge is -2.27. The molecule has 1 aromatic rings. The Kier molecular flexibility index (Phi) is 5.38. The largest absolute Gasteiger partial charge is 0.495 e. The summed E-state index contributed by atoms with van der Waals surface area (Å²) in [6, 6.07) is 1.73. The van der Waals surface area contributed by atoms with Gasteiger partial charge in [0.15, 0.2) is 0 Å². The summed E-state index contributed by atoms with van der Waals surface area (Å²) in [5.74, 6) is 1.08. The van der Waals surface area contributed by atoms with Crippen molar-refractivity contribution < 1.29 is 9.47 Å². The highest BCUT2D eigenvalue weighted by atomic mass is 16.5. The van der Waals surface area contributed by atoms with Crippen LogP contribution in [0.2, 0.25) is 0 Å². The Hall–Kier alpha value is -1.13. The molecule has 2 unspecified atom stereocenters. The van der Waals surface area contributed by atoms with E-state index >= 15 is 0 Å². The minimum atomic E-state index is -0.183. The molecule has 0 aliphatic heterocycles. The first-order valence-corrected chi connectivity index (χ1v) is 5.96. The smallest absolute Gasteiger partial charge is 0.137 e. The van der Waals surface area contributed by atoms with E-state index in [2.05, 4.69) is 18.8 Å². The number of nitrogens with zero attached hydrogens (tertiary/aromatic N) is 1. The standard InChI is InChI=1S/C13H22N2O2/c1-5-17-13(9(2)3)12(14)10-6-11(16-4)8-15-7-10/h6-9,12-13H,5,14H2,1-4H3. The molecular weight excluding hydrogens is 216 g/mol. The van der Waals surface area contributed by atoms with Gasteiger partial charge in [0.05, 0.1) is 25.5 Å². The lowest BCUT2D eigenvalue weighted by molar-refractivity contribution is 0.0120. The molecule has 0 aromatic carbocycles. The van der Waals surface area contributed by atoms with E-state index in [0.717, 1.165) is 11.3 Å². The number of rotatable bonds is 6. The number of nitrogens with two attached hydrogens (primary N) is 1. The second-order valence-electron chi connectivity index (χ2n) is 4.35. The summed E-state index contributed by atoms with van der Waals surface area (Å²) in [5, 5.41) is 0. The third kappa shape index (κ3) is 3.68. The van der Waals surface area contributed by atoms with Crippen LogP contribution in [0, 0.1) is 5.92 Å². The van der Waals surface area contributed by atoms with Crippen LogP contribution < -0.4 is 10.5 Å². The minimum absolute atomic E-state index is 0.00564. The summed E-state index contributed by atoms with van der Waals surface area (Å²) in [4.78, 5) is 4.12. The van der Waals surface area contributed by atoms with Crippen LogP contribution in [-0.4, -0.2) is 24.8 Å². The number of aromatic nitrogens is 1. The Morgan fingerprint density at radius 3 is 2.59 bits per heavy atom. The van der Waals surface area contributed by atoms with Crippen molar-refractivity contribution in [2.45, 2.75) is 32.9 Å². The molecule has 4 heteroatoms. The van der Waals surface area contributed by atoms with Gasteiger partial charge in [0.25, 0.3) is 0 Å². The Morgan fingerprint density at radius 2 is 2.06 bits per heavy atom. The monoisotopic (exact) mass is 238 g/mol. The van der Waals surface area contributed by atoms with Gasteiger partial charge in [-0.2, -0.15) is 0 Å². The maximum Gasteiger partial charge on any atom is 0.137 e. The summed E-state index contributed by atoms with van der Waals surface area (Å²) < 4.78 is 10.8. The van der Waals surface area contributed by atoms with Crippen LogP contribution in [0.1, 0.15) is 32.4 Å². The van der Waals surface area contributed by atoms with E-state index in [-0.39, 0.29) is 12.1 Å². The minimum Gasteiger partial charge on any atom is -0.495 e. The van der Waals surface area contributed by atoms with Gasteiger partial charge in [-0.25, -0.2) is 0 Å². The van der Waals surface area contributed by atoms with Gasteiger partial charge < -0.3 is 15.2 Å². The Labute approximate surface area is 103 Å². The van der Waals surface area contributed by atoms with Crippen LogP contribution in [0.25, 0.3) is 0 Å². The van der Waals surface area contributed by atoms with Crippen LogP contribution in [0.5, 0.6) is 5.75 Å². The van der Waals surface area contributed by atoms with Crippen molar-refractivity contribution in [2.24, 2.45) is 11.7 Å². The molecule has 0 fully saturated rings. The highest BCUT2D eigenvalue weighted by Crippen LogP contribution is 2.24. The molecule has 0 aliphatic rings. The van der Waals surface area contributed by atoms with Gasteiger partial charge in [-0.15, -0.1) is 0 Å². The number of ether oxygens (including phenoxy) is 2. The average Bonchev–Trinajstić information content (AvgIpc) is 2.34. The summed E-state index contributed by atoms with van der Waals surface area (Å²) in [6.45, 7) is 6.85. The van der Waals surface area contributed by atoms with Crippen LogP contribution in [0.4, 0.5) is 0 Å². The van der Waals surface area contributed by atoms with Crippen molar-refractivity contribution in [2.75, 3.05) is 13.7 Å². The maximum absolute atomic E-state index is 6.23. The van der Waals surface area contributed by atoms with Crippen LogP contribution >= 0.6 is 0 Å². The maximum atomic E-state index is 6.23. The average molecular weight is 238 g/mol. The molecule has 2 atom stereocenters. The first kappa shape index (κ1) is 13.9. The quantitative estimate of drug-likeness (QED) is 0.825. The molecule has 0 saturated carbocycles. The highest BCUT2D eigenvalue weighted by molar-refractivity contribution is 5.26. The summed E-state index contributed by atoms with van der Waals surface area (Å²) in [7, 11) is 1.62. The number of hydrogen-bond donors (Lipinski definition) is 1. The van der Waals surface area contributed by atoms with Crippen molar-refractivity contribution in [3.05, 3.63) is 24.0 Å². The third-order valence-electron chi connectivity index (χ3n) is 2.73.